The van der Waals surface area contributed by atoms with Crippen molar-refractivity contribution >= 4 is 5.96 Å². The van der Waals surface area contributed by atoms with Crippen molar-refractivity contribution < 1.29 is 0 Å². The van der Waals surface area contributed by atoms with Crippen LogP contribution in [0.4, 0.5) is 0 Å². The van der Waals surface area contributed by atoms with Gasteiger partial charge in [0.05, 0.1) is 6.54 Å². The van der Waals surface area contributed by atoms with Gasteiger partial charge in [-0.15, -0.1) is 16.8 Å². The fraction of sp³-hybridized carbons (Fsp3) is 0.250. The normalized spacial score (nSPS) is 18.0. The van der Waals surface area contributed by atoms with Crippen LogP contribution in [0.25, 0.3) is 0 Å². The molecule has 50 valence electrons. The number of guanidine groups is 1. The number of nitrogens with zero attached hydrogens (tertiary/aromatic N) is 2. The molecule has 9 heavy (non-hydrogen) atoms. The summed E-state index contributed by atoms with van der Waals surface area (Å²) in [5.74, 6) is 0.372. The van der Waals surface area contributed by atoms with Crippen molar-refractivity contribution in [3.05, 3.63) is 12.7 Å². The zero-order valence-electron chi connectivity index (χ0n) is 4.96. The average Bonchev–Trinajstić information content (AvgIpc) is 2.17. The molecule has 5 heteroatoms. The first-order chi connectivity index (χ1) is 4.33. The summed E-state index contributed by atoms with van der Waals surface area (Å²) in [5, 5.41) is 5.26. The monoisotopic (exact) mass is 127 g/mol. The maximum atomic E-state index is 5.26. The Bertz CT molecular complexity index is 140. The third-order valence-electron chi connectivity index (χ3n) is 0.852. The number of hydrazone groups is 1. The van der Waals surface area contributed by atoms with Crippen LogP contribution in [0.1, 0.15) is 0 Å². The predicted molar refractivity (Wildman–Crippen MR) is 34.8 cm³/mol. The number of hydrazine groups is 2. The van der Waals surface area contributed by atoms with Gasteiger partial charge in [0.15, 0.2) is 0 Å². The Morgan fingerprint density at radius 1 is 1.89 bits per heavy atom. The van der Waals surface area contributed by atoms with Crippen molar-refractivity contribution in [2.24, 2.45) is 10.8 Å². The van der Waals surface area contributed by atoms with Crippen LogP contribution in [-0.2, 0) is 0 Å². The Kier molecular flexibility index (Phi) is 1.55. The first-order valence-electron chi connectivity index (χ1n) is 2.57. The van der Waals surface area contributed by atoms with E-state index < -0.39 is 0 Å². The Hall–Kier alpha value is -1.23. The van der Waals surface area contributed by atoms with Crippen molar-refractivity contribution in [3.63, 3.8) is 0 Å². The average molecular weight is 127 g/mol. The van der Waals surface area contributed by atoms with E-state index in [4.69, 9.17) is 5.73 Å². The first-order valence-corrected chi connectivity index (χ1v) is 2.57. The van der Waals surface area contributed by atoms with E-state index in [0.29, 0.717) is 12.5 Å². The van der Waals surface area contributed by atoms with E-state index in [2.05, 4.69) is 22.6 Å². The summed E-state index contributed by atoms with van der Waals surface area (Å²) in [7, 11) is 0. The molecule has 0 saturated heterocycles. The Morgan fingerprint density at radius 3 is 3.11 bits per heavy atom. The van der Waals surface area contributed by atoms with E-state index in [9.17, 15) is 0 Å². The van der Waals surface area contributed by atoms with Crippen molar-refractivity contribution in [1.82, 2.24) is 16.1 Å². The quantitative estimate of drug-likeness (QED) is 0.404. The molecular formula is C4H9N5. The molecule has 0 aromatic carbocycles. The second-order valence-electron chi connectivity index (χ2n) is 1.61. The van der Waals surface area contributed by atoms with E-state index in [1.54, 1.807) is 11.2 Å². The van der Waals surface area contributed by atoms with Crippen LogP contribution < -0.4 is 16.7 Å². The van der Waals surface area contributed by atoms with Gasteiger partial charge >= 0.3 is 0 Å². The largest absolute Gasteiger partial charge is 0.367 e. The van der Waals surface area contributed by atoms with Gasteiger partial charge in [-0.05, 0) is 0 Å². The zero-order chi connectivity index (χ0) is 6.69. The van der Waals surface area contributed by atoms with Crippen molar-refractivity contribution in [1.29, 1.82) is 0 Å². The summed E-state index contributed by atoms with van der Waals surface area (Å²) in [6, 6.07) is 0. The Balaban J connectivity index is 2.28. The molecule has 0 radical (unpaired) electrons. The summed E-state index contributed by atoms with van der Waals surface area (Å²) in [6.07, 6.45) is 1.73. The fourth-order valence-electron chi connectivity index (χ4n) is 0.518. The number of nitrogens with two attached hydrogens (primary N) is 1. The highest BCUT2D eigenvalue weighted by Crippen LogP contribution is 1.81. The molecule has 5 nitrogen and oxygen atoms in total. The second-order valence-corrected chi connectivity index (χ2v) is 1.61. The molecule has 0 aromatic heterocycles. The third kappa shape index (κ3) is 1.33. The lowest BCUT2D eigenvalue weighted by atomic mass is 10.6. The molecular weight excluding hydrogens is 118 g/mol. The molecule has 0 unspecified atom stereocenters. The van der Waals surface area contributed by atoms with Gasteiger partial charge in [-0.25, -0.2) is 5.53 Å². The number of hydrogen-bond donors (Lipinski definition) is 3. The van der Waals surface area contributed by atoms with Crippen LogP contribution in [-0.4, -0.2) is 17.6 Å². The standard InChI is InChI=1S/C4H9N5/c1-2-3-9-7-4(5)6-8-9/h2,8H,1,3H2,(H3,5,6,7). The van der Waals surface area contributed by atoms with Crippen LogP contribution in [0.15, 0.2) is 17.8 Å². The lowest BCUT2D eigenvalue weighted by molar-refractivity contribution is 0.203. The summed E-state index contributed by atoms with van der Waals surface area (Å²) in [5.41, 5.74) is 10.6. The van der Waals surface area contributed by atoms with Crippen molar-refractivity contribution in [2.45, 2.75) is 0 Å². The molecule has 0 aliphatic carbocycles. The van der Waals surface area contributed by atoms with E-state index in [1.165, 1.54) is 0 Å². The highest BCUT2D eigenvalue weighted by molar-refractivity contribution is 5.77. The van der Waals surface area contributed by atoms with Gasteiger partial charge in [-0.2, -0.15) is 0 Å². The van der Waals surface area contributed by atoms with Gasteiger partial charge in [-0.1, -0.05) is 6.08 Å². The molecule has 0 saturated carbocycles. The number of rotatable bonds is 2. The molecule has 1 rings (SSSR count). The molecule has 0 spiro atoms. The third-order valence-corrected chi connectivity index (χ3v) is 0.852. The summed E-state index contributed by atoms with van der Waals surface area (Å²) >= 11 is 0. The van der Waals surface area contributed by atoms with Crippen LogP contribution in [0.3, 0.4) is 0 Å². The van der Waals surface area contributed by atoms with Gasteiger partial charge in [0.2, 0.25) is 5.96 Å². The maximum Gasteiger partial charge on any atom is 0.228 e. The summed E-state index contributed by atoms with van der Waals surface area (Å²) in [6.45, 7) is 4.19. The molecule has 0 atom stereocenters. The smallest absolute Gasteiger partial charge is 0.228 e. The van der Waals surface area contributed by atoms with Gasteiger partial charge in [0, 0.05) is 0 Å². The van der Waals surface area contributed by atoms with Crippen molar-refractivity contribution in [2.75, 3.05) is 6.54 Å². The highest BCUT2D eigenvalue weighted by atomic mass is 15.9. The molecule has 0 amide bonds. The van der Waals surface area contributed by atoms with Crippen LogP contribution in [0.5, 0.6) is 0 Å². The second kappa shape index (κ2) is 2.36. The van der Waals surface area contributed by atoms with Crippen LogP contribution in [0, 0.1) is 0 Å². The van der Waals surface area contributed by atoms with Gasteiger partial charge < -0.3 is 5.73 Å². The van der Waals surface area contributed by atoms with Gasteiger partial charge in [-0.3, -0.25) is 5.43 Å². The molecule has 0 aromatic rings. The summed E-state index contributed by atoms with van der Waals surface area (Å²) < 4.78 is 0. The van der Waals surface area contributed by atoms with E-state index >= 15 is 0 Å². The predicted octanol–water partition coefficient (Wildman–Crippen LogP) is -1.27. The topological polar surface area (TPSA) is 65.7 Å². The molecule has 4 N–H and O–H groups in total. The number of hydrogen-bond acceptors (Lipinski definition) is 5. The summed E-state index contributed by atoms with van der Waals surface area (Å²) in [4.78, 5) is 0. The van der Waals surface area contributed by atoms with E-state index in [-0.39, 0.29) is 0 Å². The molecule has 1 heterocycles. The minimum atomic E-state index is 0.372. The molecule has 0 fully saturated rings. The van der Waals surface area contributed by atoms with Crippen LogP contribution >= 0.6 is 0 Å². The van der Waals surface area contributed by atoms with Crippen LogP contribution in [0.2, 0.25) is 0 Å². The SMILES string of the molecule is C=CCN1NN=C(N)N1. The zero-order valence-corrected chi connectivity index (χ0v) is 4.96. The highest BCUT2D eigenvalue weighted by Gasteiger charge is 2.07. The lowest BCUT2D eigenvalue weighted by Crippen LogP contribution is -2.43. The molecule has 1 aliphatic rings. The minimum Gasteiger partial charge on any atom is -0.367 e. The van der Waals surface area contributed by atoms with E-state index in [0.717, 1.165) is 0 Å². The van der Waals surface area contributed by atoms with Gasteiger partial charge in [0.1, 0.15) is 0 Å². The Labute approximate surface area is 53.1 Å². The lowest BCUT2D eigenvalue weighted by Gasteiger charge is -2.10. The van der Waals surface area contributed by atoms with E-state index in [1.807, 2.05) is 0 Å². The first kappa shape index (κ1) is 5.90. The Morgan fingerprint density at radius 2 is 2.67 bits per heavy atom. The maximum absolute atomic E-state index is 5.26. The molecule has 0 bridgehead atoms. The molecule has 1 aliphatic heterocycles. The minimum absolute atomic E-state index is 0.372. The van der Waals surface area contributed by atoms with Crippen molar-refractivity contribution in [3.8, 4) is 0 Å². The fourth-order valence-corrected chi connectivity index (χ4v) is 0.518. The number of nitrogens with one attached hydrogen (secondary N) is 2. The van der Waals surface area contributed by atoms with Gasteiger partial charge in [0.25, 0.3) is 0 Å².